The van der Waals surface area contributed by atoms with Gasteiger partial charge < -0.3 is 14.8 Å². The van der Waals surface area contributed by atoms with Gasteiger partial charge in [-0.05, 0) is 37.6 Å². The molecule has 0 aliphatic carbocycles. The predicted octanol–water partition coefficient (Wildman–Crippen LogP) is 2.38. The molecule has 2 fully saturated rings. The largest absolute Gasteiger partial charge is 0.349 e. The predicted molar refractivity (Wildman–Crippen MR) is 89.7 cm³/mol. The lowest BCUT2D eigenvalue weighted by atomic mass is 10.0. The third-order valence-corrected chi connectivity index (χ3v) is 4.66. The molecule has 1 aromatic carbocycles. The molecule has 0 radical (unpaired) electrons. The standard InChI is InChI=1S/C17H20ClN3O3/c18-14-9-13(5-4-12(14)10-19)20-16(22)11-21-6-2-1-3-15(21)17-23-7-8-24-17/h4-5,9,15,17H,1-3,6-8,11H2,(H,20,22). The van der Waals surface area contributed by atoms with E-state index in [1.54, 1.807) is 18.2 Å². The number of piperidine rings is 1. The van der Waals surface area contributed by atoms with E-state index in [0.717, 1.165) is 25.8 Å². The molecule has 0 spiro atoms. The van der Waals surface area contributed by atoms with Crippen LogP contribution in [0.4, 0.5) is 5.69 Å². The summed E-state index contributed by atoms with van der Waals surface area (Å²) >= 11 is 6.00. The molecule has 1 N–H and O–H groups in total. The van der Waals surface area contributed by atoms with Crippen molar-refractivity contribution < 1.29 is 14.3 Å². The van der Waals surface area contributed by atoms with Crippen molar-refractivity contribution in [2.45, 2.75) is 31.6 Å². The summed E-state index contributed by atoms with van der Waals surface area (Å²) in [4.78, 5) is 14.5. The zero-order valence-electron chi connectivity index (χ0n) is 13.3. The van der Waals surface area contributed by atoms with Crippen LogP contribution in [0.15, 0.2) is 18.2 Å². The molecular formula is C17H20ClN3O3. The summed E-state index contributed by atoms with van der Waals surface area (Å²) in [6.45, 7) is 2.37. The highest BCUT2D eigenvalue weighted by Crippen LogP contribution is 2.24. The molecule has 24 heavy (non-hydrogen) atoms. The van der Waals surface area contributed by atoms with Crippen molar-refractivity contribution in [3.63, 3.8) is 0 Å². The molecule has 128 valence electrons. The van der Waals surface area contributed by atoms with Crippen LogP contribution in [-0.4, -0.2) is 49.4 Å². The number of ether oxygens (including phenoxy) is 2. The van der Waals surface area contributed by atoms with Gasteiger partial charge in [-0.1, -0.05) is 18.0 Å². The van der Waals surface area contributed by atoms with Gasteiger partial charge in [-0.2, -0.15) is 5.26 Å². The van der Waals surface area contributed by atoms with E-state index in [2.05, 4.69) is 10.2 Å². The molecule has 1 atom stereocenters. The van der Waals surface area contributed by atoms with Crippen LogP contribution in [0.1, 0.15) is 24.8 Å². The third kappa shape index (κ3) is 4.05. The Kier molecular flexibility index (Phi) is 5.69. The van der Waals surface area contributed by atoms with E-state index in [1.807, 2.05) is 6.07 Å². The Morgan fingerprint density at radius 1 is 1.38 bits per heavy atom. The van der Waals surface area contributed by atoms with Crippen molar-refractivity contribution in [3.05, 3.63) is 28.8 Å². The lowest BCUT2D eigenvalue weighted by molar-refractivity contribution is -0.127. The number of rotatable bonds is 4. The Bertz CT molecular complexity index is 640. The summed E-state index contributed by atoms with van der Waals surface area (Å²) < 4.78 is 11.2. The molecule has 0 bridgehead atoms. The molecule has 2 heterocycles. The Balaban J connectivity index is 1.60. The fourth-order valence-electron chi connectivity index (χ4n) is 3.19. The number of carbonyl (C=O) groups is 1. The normalized spacial score (nSPS) is 22.2. The van der Waals surface area contributed by atoms with Crippen molar-refractivity contribution in [3.8, 4) is 6.07 Å². The highest BCUT2D eigenvalue weighted by Gasteiger charge is 2.34. The molecule has 1 unspecified atom stereocenters. The fraction of sp³-hybridized carbons (Fsp3) is 0.529. The van der Waals surface area contributed by atoms with E-state index in [0.29, 0.717) is 29.5 Å². The summed E-state index contributed by atoms with van der Waals surface area (Å²) in [6, 6.07) is 6.99. The minimum absolute atomic E-state index is 0.110. The van der Waals surface area contributed by atoms with Gasteiger partial charge in [0.15, 0.2) is 6.29 Å². The summed E-state index contributed by atoms with van der Waals surface area (Å²) in [5, 5.41) is 12.1. The summed E-state index contributed by atoms with van der Waals surface area (Å²) in [7, 11) is 0. The molecular weight excluding hydrogens is 330 g/mol. The van der Waals surface area contributed by atoms with E-state index < -0.39 is 0 Å². The van der Waals surface area contributed by atoms with Gasteiger partial charge in [0, 0.05) is 5.69 Å². The first kappa shape index (κ1) is 17.2. The number of nitrogens with one attached hydrogen (secondary N) is 1. The molecule has 2 saturated heterocycles. The number of hydrogen-bond acceptors (Lipinski definition) is 5. The number of nitriles is 1. The summed E-state index contributed by atoms with van der Waals surface area (Å²) in [5.41, 5.74) is 0.979. The zero-order chi connectivity index (χ0) is 16.9. The smallest absolute Gasteiger partial charge is 0.238 e. The topological polar surface area (TPSA) is 74.6 Å². The van der Waals surface area contributed by atoms with Crippen molar-refractivity contribution in [2.75, 3.05) is 31.6 Å². The number of benzene rings is 1. The van der Waals surface area contributed by atoms with Crippen LogP contribution in [0.25, 0.3) is 0 Å². The Hall–Kier alpha value is -1.65. The number of amides is 1. The first-order valence-electron chi connectivity index (χ1n) is 8.14. The van der Waals surface area contributed by atoms with Gasteiger partial charge in [0.1, 0.15) is 6.07 Å². The van der Waals surface area contributed by atoms with E-state index in [4.69, 9.17) is 26.3 Å². The van der Waals surface area contributed by atoms with Crippen LogP contribution >= 0.6 is 11.6 Å². The SMILES string of the molecule is N#Cc1ccc(NC(=O)CN2CCCCC2C2OCCO2)cc1Cl. The highest BCUT2D eigenvalue weighted by atomic mass is 35.5. The third-order valence-electron chi connectivity index (χ3n) is 4.35. The number of carbonyl (C=O) groups excluding carboxylic acids is 1. The van der Waals surface area contributed by atoms with E-state index >= 15 is 0 Å². The van der Waals surface area contributed by atoms with E-state index in [1.165, 1.54) is 0 Å². The first-order chi connectivity index (χ1) is 11.7. The number of likely N-dealkylation sites (tertiary alicyclic amines) is 1. The average Bonchev–Trinajstić information content (AvgIpc) is 3.10. The highest BCUT2D eigenvalue weighted by molar-refractivity contribution is 6.32. The Morgan fingerprint density at radius 3 is 2.88 bits per heavy atom. The first-order valence-corrected chi connectivity index (χ1v) is 8.52. The molecule has 2 aliphatic heterocycles. The second-order valence-electron chi connectivity index (χ2n) is 6.00. The van der Waals surface area contributed by atoms with Gasteiger partial charge in [-0.3, -0.25) is 9.69 Å². The lowest BCUT2D eigenvalue weighted by Gasteiger charge is -2.37. The number of hydrogen-bond donors (Lipinski definition) is 1. The molecule has 1 aromatic rings. The monoisotopic (exact) mass is 349 g/mol. The number of anilines is 1. The molecule has 1 amide bonds. The maximum atomic E-state index is 12.4. The minimum atomic E-state index is -0.234. The van der Waals surface area contributed by atoms with Crippen LogP contribution in [0.3, 0.4) is 0 Å². The van der Waals surface area contributed by atoms with Crippen LogP contribution < -0.4 is 5.32 Å². The summed E-state index contributed by atoms with van der Waals surface area (Å²) in [5.74, 6) is -0.110. The zero-order valence-corrected chi connectivity index (χ0v) is 14.1. The maximum absolute atomic E-state index is 12.4. The average molecular weight is 350 g/mol. The molecule has 2 aliphatic rings. The lowest BCUT2D eigenvalue weighted by Crippen LogP contribution is -2.50. The molecule has 0 aromatic heterocycles. The van der Waals surface area contributed by atoms with Crippen LogP contribution in [0.2, 0.25) is 5.02 Å². The number of halogens is 1. The van der Waals surface area contributed by atoms with Gasteiger partial charge in [0.05, 0.1) is 36.4 Å². The maximum Gasteiger partial charge on any atom is 0.238 e. The van der Waals surface area contributed by atoms with E-state index in [9.17, 15) is 4.79 Å². The fourth-order valence-corrected chi connectivity index (χ4v) is 3.41. The Labute approximate surface area is 146 Å². The van der Waals surface area contributed by atoms with Crippen molar-refractivity contribution in [1.29, 1.82) is 5.26 Å². The van der Waals surface area contributed by atoms with Gasteiger partial charge in [-0.25, -0.2) is 0 Å². The van der Waals surface area contributed by atoms with Gasteiger partial charge in [0.25, 0.3) is 0 Å². The number of nitrogens with zero attached hydrogens (tertiary/aromatic N) is 2. The van der Waals surface area contributed by atoms with Crippen LogP contribution in [0, 0.1) is 11.3 Å². The van der Waals surface area contributed by atoms with Crippen molar-refractivity contribution in [2.24, 2.45) is 0 Å². The van der Waals surface area contributed by atoms with Gasteiger partial charge >= 0.3 is 0 Å². The second kappa shape index (κ2) is 7.95. The quantitative estimate of drug-likeness (QED) is 0.903. The molecule has 7 heteroatoms. The van der Waals surface area contributed by atoms with Crippen LogP contribution in [0.5, 0.6) is 0 Å². The van der Waals surface area contributed by atoms with Gasteiger partial charge in [0.2, 0.25) is 5.91 Å². The molecule has 3 rings (SSSR count). The van der Waals surface area contributed by atoms with E-state index in [-0.39, 0.29) is 24.8 Å². The van der Waals surface area contributed by atoms with Gasteiger partial charge in [-0.15, -0.1) is 0 Å². The second-order valence-corrected chi connectivity index (χ2v) is 6.41. The summed E-state index contributed by atoms with van der Waals surface area (Å²) in [6.07, 6.45) is 2.93. The molecule has 6 nitrogen and oxygen atoms in total. The van der Waals surface area contributed by atoms with Crippen LogP contribution in [-0.2, 0) is 14.3 Å². The van der Waals surface area contributed by atoms with Crippen molar-refractivity contribution in [1.82, 2.24) is 4.90 Å². The minimum Gasteiger partial charge on any atom is -0.349 e. The Morgan fingerprint density at radius 2 is 2.17 bits per heavy atom. The van der Waals surface area contributed by atoms with Crippen molar-refractivity contribution >= 4 is 23.2 Å². The molecule has 0 saturated carbocycles.